The molecule has 0 spiro atoms. The van der Waals surface area contributed by atoms with E-state index in [1.165, 1.54) is 13.2 Å². The summed E-state index contributed by atoms with van der Waals surface area (Å²) in [6.45, 7) is 4.00. The second-order valence-electron chi connectivity index (χ2n) is 4.14. The third kappa shape index (κ3) is 4.19. The van der Waals surface area contributed by atoms with Crippen LogP contribution in [0.1, 0.15) is 24.2 Å². The number of ether oxygens (including phenoxy) is 2. The molecule has 0 unspecified atom stereocenters. The average molecular weight is 383 g/mol. The van der Waals surface area contributed by atoms with Crippen molar-refractivity contribution >= 4 is 17.6 Å². The summed E-state index contributed by atoms with van der Waals surface area (Å²) >= 11 is 5.76. The number of hydrogen-bond donors (Lipinski definition) is 0. The predicted octanol–water partition coefficient (Wildman–Crippen LogP) is 5.29. The van der Waals surface area contributed by atoms with E-state index in [1.54, 1.807) is 0 Å². The molecule has 2 aromatic carbocycles. The molecular weight excluding hydrogens is 371 g/mol. The fraction of sp³-hybridized carbons (Fsp3) is 0.188. The van der Waals surface area contributed by atoms with Gasteiger partial charge in [-0.2, -0.15) is 8.78 Å². The second kappa shape index (κ2) is 8.66. The highest BCUT2D eigenvalue weighted by Crippen LogP contribution is 2.30. The molecule has 0 saturated carbocycles. The van der Waals surface area contributed by atoms with Crippen molar-refractivity contribution in [2.45, 2.75) is 13.8 Å². The Labute approximate surface area is 144 Å². The number of halogens is 6. The standard InChI is InChI=1S/C14H6ClF5O3.C2H6/c1-22-7-3-2-5(4-6(7)15)14(21)23-13-11(19)9(17)8(16)10(18)12(13)20;1-2/h2-4H,1H3;1-2H3. The molecule has 0 radical (unpaired) electrons. The minimum atomic E-state index is -2.35. The average Bonchev–Trinajstić information content (AvgIpc) is 2.63. The number of esters is 1. The molecular formula is C16H12ClF5O3. The van der Waals surface area contributed by atoms with Crippen molar-refractivity contribution in [3.8, 4) is 11.5 Å². The van der Waals surface area contributed by atoms with Crippen LogP contribution in [-0.2, 0) is 0 Å². The molecule has 0 amide bonds. The number of carbonyl (C=O) groups excluding carboxylic acids is 1. The SMILES string of the molecule is CC.COc1ccc(C(=O)Oc2c(F)c(F)c(F)c(F)c2F)cc1Cl. The minimum Gasteiger partial charge on any atom is -0.495 e. The zero-order chi connectivity index (χ0) is 19.3. The van der Waals surface area contributed by atoms with E-state index in [1.807, 2.05) is 13.8 Å². The molecule has 0 aliphatic carbocycles. The van der Waals surface area contributed by atoms with Crippen LogP contribution in [-0.4, -0.2) is 13.1 Å². The lowest BCUT2D eigenvalue weighted by Gasteiger charge is -2.09. The largest absolute Gasteiger partial charge is 0.495 e. The molecule has 0 bridgehead atoms. The van der Waals surface area contributed by atoms with E-state index in [9.17, 15) is 26.7 Å². The molecule has 136 valence electrons. The van der Waals surface area contributed by atoms with Gasteiger partial charge in [0, 0.05) is 0 Å². The Kier molecular flexibility index (Phi) is 7.17. The highest BCUT2D eigenvalue weighted by molar-refractivity contribution is 6.32. The van der Waals surface area contributed by atoms with E-state index in [4.69, 9.17) is 16.3 Å². The van der Waals surface area contributed by atoms with Crippen molar-refractivity contribution in [3.63, 3.8) is 0 Å². The molecule has 0 fully saturated rings. The molecule has 2 aromatic rings. The first kappa shape index (κ1) is 20.7. The second-order valence-corrected chi connectivity index (χ2v) is 4.55. The number of benzene rings is 2. The first-order valence-corrected chi connectivity index (χ1v) is 7.22. The van der Waals surface area contributed by atoms with E-state index in [2.05, 4.69) is 4.74 Å². The maximum atomic E-state index is 13.4. The lowest BCUT2D eigenvalue weighted by Crippen LogP contribution is -2.13. The summed E-state index contributed by atoms with van der Waals surface area (Å²) in [5.74, 6) is -14.2. The first-order chi connectivity index (χ1) is 11.8. The Bertz CT molecular complexity index is 767. The van der Waals surface area contributed by atoms with Gasteiger partial charge in [0.05, 0.1) is 17.7 Å². The van der Waals surface area contributed by atoms with Gasteiger partial charge in [0.25, 0.3) is 0 Å². The Morgan fingerprint density at radius 1 is 0.920 bits per heavy atom. The van der Waals surface area contributed by atoms with Gasteiger partial charge in [-0.25, -0.2) is 18.0 Å². The van der Waals surface area contributed by atoms with Crippen LogP contribution < -0.4 is 9.47 Å². The van der Waals surface area contributed by atoms with Gasteiger partial charge in [-0.15, -0.1) is 0 Å². The van der Waals surface area contributed by atoms with E-state index >= 15 is 0 Å². The summed E-state index contributed by atoms with van der Waals surface area (Å²) < 4.78 is 74.9. The molecule has 2 rings (SSSR count). The monoisotopic (exact) mass is 382 g/mol. The van der Waals surface area contributed by atoms with Crippen LogP contribution in [0.5, 0.6) is 11.5 Å². The highest BCUT2D eigenvalue weighted by Gasteiger charge is 2.29. The number of hydrogen-bond acceptors (Lipinski definition) is 3. The van der Waals surface area contributed by atoms with Crippen LogP contribution in [0.3, 0.4) is 0 Å². The van der Waals surface area contributed by atoms with Gasteiger partial charge >= 0.3 is 5.97 Å². The molecule has 0 aromatic heterocycles. The zero-order valence-electron chi connectivity index (χ0n) is 13.2. The third-order valence-corrected chi connectivity index (χ3v) is 3.05. The van der Waals surface area contributed by atoms with E-state index in [-0.39, 0.29) is 16.3 Å². The molecule has 25 heavy (non-hydrogen) atoms. The van der Waals surface area contributed by atoms with E-state index in [0.717, 1.165) is 12.1 Å². The molecule has 3 nitrogen and oxygen atoms in total. The van der Waals surface area contributed by atoms with Crippen LogP contribution in [0.2, 0.25) is 5.02 Å². The summed E-state index contributed by atoms with van der Waals surface area (Å²) in [6, 6.07) is 3.45. The van der Waals surface area contributed by atoms with Crippen LogP contribution in [0.4, 0.5) is 22.0 Å². The number of methoxy groups -OCH3 is 1. The van der Waals surface area contributed by atoms with Gasteiger partial charge in [0.15, 0.2) is 0 Å². The lowest BCUT2D eigenvalue weighted by molar-refractivity contribution is 0.0716. The summed E-state index contributed by atoms with van der Waals surface area (Å²) in [7, 11) is 1.31. The molecule has 0 aliphatic heterocycles. The van der Waals surface area contributed by atoms with Gasteiger partial charge in [0.1, 0.15) is 5.75 Å². The maximum absolute atomic E-state index is 13.4. The van der Waals surface area contributed by atoms with Crippen molar-refractivity contribution in [1.29, 1.82) is 0 Å². The summed E-state index contributed by atoms with van der Waals surface area (Å²) in [6.07, 6.45) is 0. The Hall–Kier alpha value is -2.35. The van der Waals surface area contributed by atoms with Crippen molar-refractivity contribution in [2.75, 3.05) is 7.11 Å². The maximum Gasteiger partial charge on any atom is 0.343 e. The normalized spacial score (nSPS) is 9.96. The fourth-order valence-electron chi connectivity index (χ4n) is 1.62. The predicted molar refractivity (Wildman–Crippen MR) is 80.5 cm³/mol. The Balaban J connectivity index is 0.00000151. The topological polar surface area (TPSA) is 35.5 Å². The molecule has 0 heterocycles. The van der Waals surface area contributed by atoms with Gasteiger partial charge in [0.2, 0.25) is 34.8 Å². The fourth-order valence-corrected chi connectivity index (χ4v) is 1.88. The van der Waals surface area contributed by atoms with Crippen molar-refractivity contribution in [3.05, 3.63) is 57.9 Å². The summed E-state index contributed by atoms with van der Waals surface area (Å²) in [5, 5.41) is -0.0145. The van der Waals surface area contributed by atoms with Crippen molar-refractivity contribution < 1.29 is 36.2 Å². The number of rotatable bonds is 3. The molecule has 0 N–H and O–H groups in total. The zero-order valence-corrected chi connectivity index (χ0v) is 14.0. The third-order valence-electron chi connectivity index (χ3n) is 2.75. The first-order valence-electron chi connectivity index (χ1n) is 6.85. The quantitative estimate of drug-likeness (QED) is 0.238. The van der Waals surface area contributed by atoms with Crippen molar-refractivity contribution in [2.24, 2.45) is 0 Å². The smallest absolute Gasteiger partial charge is 0.343 e. The van der Waals surface area contributed by atoms with Gasteiger partial charge < -0.3 is 9.47 Å². The van der Waals surface area contributed by atoms with E-state index < -0.39 is 40.8 Å². The van der Waals surface area contributed by atoms with Gasteiger partial charge in [-0.05, 0) is 18.2 Å². The Morgan fingerprint density at radius 3 is 1.84 bits per heavy atom. The lowest BCUT2D eigenvalue weighted by atomic mass is 10.2. The van der Waals surface area contributed by atoms with E-state index in [0.29, 0.717) is 0 Å². The molecule has 9 heteroatoms. The van der Waals surface area contributed by atoms with Crippen LogP contribution in [0, 0.1) is 29.1 Å². The molecule has 0 aliphatic rings. The van der Waals surface area contributed by atoms with Crippen LogP contribution >= 0.6 is 11.6 Å². The Morgan fingerprint density at radius 2 is 1.40 bits per heavy atom. The van der Waals surface area contributed by atoms with Crippen molar-refractivity contribution in [1.82, 2.24) is 0 Å². The summed E-state index contributed by atoms with van der Waals surface area (Å²) in [4.78, 5) is 11.8. The molecule has 0 saturated heterocycles. The van der Waals surface area contributed by atoms with Crippen LogP contribution in [0.15, 0.2) is 18.2 Å². The summed E-state index contributed by atoms with van der Waals surface area (Å²) in [5.41, 5.74) is -0.278. The van der Waals surface area contributed by atoms with Gasteiger partial charge in [-0.1, -0.05) is 25.4 Å². The van der Waals surface area contributed by atoms with Gasteiger partial charge in [-0.3, -0.25) is 0 Å². The van der Waals surface area contributed by atoms with Crippen LogP contribution in [0.25, 0.3) is 0 Å². The number of carbonyl (C=O) groups is 1. The molecule has 0 atom stereocenters. The highest BCUT2D eigenvalue weighted by atomic mass is 35.5. The minimum absolute atomic E-state index is 0.0145.